The molecule has 0 aromatic heterocycles. The van der Waals surface area contributed by atoms with E-state index >= 15 is 0 Å². The quantitative estimate of drug-likeness (QED) is 0.462. The summed E-state index contributed by atoms with van der Waals surface area (Å²) in [5.74, 6) is 0. The van der Waals surface area contributed by atoms with Crippen LogP contribution in [0.5, 0.6) is 0 Å². The Balaban J connectivity index is 4.61. The fraction of sp³-hybridized carbons (Fsp3) is 1.00. The second kappa shape index (κ2) is 11.5. The summed E-state index contributed by atoms with van der Waals surface area (Å²) in [5.41, 5.74) is 0.146. The Morgan fingerprint density at radius 2 is 1.22 bits per heavy atom. The van der Waals surface area contributed by atoms with Crippen molar-refractivity contribution in [3.05, 3.63) is 0 Å². The van der Waals surface area contributed by atoms with Gasteiger partial charge in [-0.2, -0.15) is 0 Å². The van der Waals surface area contributed by atoms with E-state index in [2.05, 4.69) is 25.7 Å². The first kappa shape index (κ1) is 18.7. The zero-order valence-corrected chi connectivity index (χ0v) is 16.6. The standard InChI is InChI=1S/C13H27O.CH3O.CH3.Sn.H/c1-4-7-10-13(14,11-8-5-2)12-9-6-3;1-2;;;/h4-12H2,1-3H3;1H3;1H3;;/q2*-1;;+2;. The second-order valence-electron chi connectivity index (χ2n) is 5.41. The molecule has 0 aromatic carbocycles. The first-order valence-electron chi connectivity index (χ1n) is 7.84. The minimum absolute atomic E-state index is 0.146. The van der Waals surface area contributed by atoms with Crippen LogP contribution >= 0.6 is 0 Å². The maximum atomic E-state index is 6.48. The van der Waals surface area contributed by atoms with Crippen LogP contribution in [0, 0.1) is 0 Å². The summed E-state index contributed by atoms with van der Waals surface area (Å²) in [4.78, 5) is 2.22. The topological polar surface area (TPSA) is 18.5 Å². The number of hydrogen-bond donors (Lipinski definition) is 0. The van der Waals surface area contributed by atoms with Crippen molar-refractivity contribution >= 4 is 20.6 Å². The van der Waals surface area contributed by atoms with Crippen LogP contribution in [0.1, 0.15) is 78.6 Å². The predicted molar refractivity (Wildman–Crippen MR) is 82.4 cm³/mol. The van der Waals surface area contributed by atoms with Crippen molar-refractivity contribution < 1.29 is 6.15 Å². The zero-order chi connectivity index (χ0) is 13.9. The summed E-state index contributed by atoms with van der Waals surface area (Å²) >= 11 is -2.12. The van der Waals surface area contributed by atoms with E-state index in [-0.39, 0.29) is 5.60 Å². The monoisotopic (exact) mass is 366 g/mol. The van der Waals surface area contributed by atoms with Crippen LogP contribution < -0.4 is 0 Å². The Morgan fingerprint density at radius 3 is 1.50 bits per heavy atom. The Hall–Kier alpha value is 0.719. The summed E-state index contributed by atoms with van der Waals surface area (Å²) in [6, 6.07) is 0. The second-order valence-corrected chi connectivity index (χ2v) is 10.7. The Bertz CT molecular complexity index is 164. The van der Waals surface area contributed by atoms with Crippen LogP contribution in [0.4, 0.5) is 0 Å². The van der Waals surface area contributed by atoms with Gasteiger partial charge in [0.2, 0.25) is 0 Å². The first-order chi connectivity index (χ1) is 8.64. The fourth-order valence-electron chi connectivity index (χ4n) is 2.45. The number of rotatable bonds is 12. The van der Waals surface area contributed by atoms with E-state index in [1.165, 1.54) is 57.8 Å². The average molecular weight is 365 g/mol. The molecule has 0 saturated carbocycles. The molecule has 0 aromatic rings. The van der Waals surface area contributed by atoms with Gasteiger partial charge in [0.15, 0.2) is 0 Å². The molecule has 0 bridgehead atoms. The third-order valence-electron chi connectivity index (χ3n) is 3.71. The fourth-order valence-corrected chi connectivity index (χ4v) is 5.74. The summed E-state index contributed by atoms with van der Waals surface area (Å²) in [6.45, 7) is 6.81. The van der Waals surface area contributed by atoms with Gasteiger partial charge in [0.1, 0.15) is 0 Å². The maximum absolute atomic E-state index is 6.48. The molecule has 0 amide bonds. The third-order valence-corrected chi connectivity index (χ3v) is 7.97. The average Bonchev–Trinajstić information content (AvgIpc) is 2.40. The molecule has 0 rings (SSSR count). The molecule has 18 heavy (non-hydrogen) atoms. The zero-order valence-electron chi connectivity index (χ0n) is 13.3. The van der Waals surface area contributed by atoms with Crippen LogP contribution in [-0.2, 0) is 6.15 Å². The molecule has 2 nitrogen and oxygen atoms in total. The van der Waals surface area contributed by atoms with Gasteiger partial charge < -0.3 is 0 Å². The number of hydrogen-bond acceptors (Lipinski definition) is 2. The molecule has 0 aliphatic heterocycles. The molecule has 1 atom stereocenters. The van der Waals surface area contributed by atoms with Crippen LogP contribution in [0.15, 0.2) is 0 Å². The van der Waals surface area contributed by atoms with Crippen molar-refractivity contribution in [1.29, 1.82) is 0 Å². The van der Waals surface area contributed by atoms with Crippen molar-refractivity contribution in [2.75, 3.05) is 7.11 Å². The van der Waals surface area contributed by atoms with Gasteiger partial charge in [-0.05, 0) is 0 Å². The molecule has 3 heteroatoms. The van der Waals surface area contributed by atoms with Crippen molar-refractivity contribution in [3.63, 3.8) is 0 Å². The Kier molecular flexibility index (Phi) is 12.0. The molecule has 0 aliphatic carbocycles. The van der Waals surface area contributed by atoms with Gasteiger partial charge in [0.25, 0.3) is 0 Å². The van der Waals surface area contributed by atoms with E-state index in [0.717, 1.165) is 0 Å². The summed E-state index contributed by atoms with van der Waals surface area (Å²) in [6.07, 6.45) is 11.3. The first-order valence-corrected chi connectivity index (χ1v) is 13.8. The third kappa shape index (κ3) is 8.00. The summed E-state index contributed by atoms with van der Waals surface area (Å²) in [5, 5.41) is 0. The summed E-state index contributed by atoms with van der Waals surface area (Å²) < 4.78 is 12.0. The molecule has 110 valence electrons. The van der Waals surface area contributed by atoms with Crippen LogP contribution in [0.3, 0.4) is 0 Å². The number of unbranched alkanes of at least 4 members (excludes halogenated alkanes) is 3. The molecular weight excluding hydrogens is 331 g/mol. The van der Waals surface area contributed by atoms with Crippen molar-refractivity contribution in [2.24, 2.45) is 0 Å². The van der Waals surface area contributed by atoms with E-state index in [4.69, 9.17) is 6.15 Å². The van der Waals surface area contributed by atoms with Crippen LogP contribution in [0.2, 0.25) is 4.94 Å². The molecule has 0 radical (unpaired) electrons. The summed E-state index contributed by atoms with van der Waals surface area (Å²) in [7, 11) is 1.82. The van der Waals surface area contributed by atoms with Crippen LogP contribution in [0.25, 0.3) is 0 Å². The van der Waals surface area contributed by atoms with Crippen molar-refractivity contribution in [3.8, 4) is 0 Å². The SMILES string of the molecule is CCCCC(CCCC)(CCCC)[O][SnH]([CH3])[O]C. The molecule has 0 fully saturated rings. The van der Waals surface area contributed by atoms with Crippen LogP contribution in [-0.4, -0.2) is 33.3 Å². The van der Waals surface area contributed by atoms with Gasteiger partial charge in [0.05, 0.1) is 0 Å². The van der Waals surface area contributed by atoms with Gasteiger partial charge in [-0.3, -0.25) is 0 Å². The van der Waals surface area contributed by atoms with E-state index in [0.29, 0.717) is 0 Å². The van der Waals surface area contributed by atoms with E-state index in [1.807, 2.05) is 7.11 Å². The molecule has 1 unspecified atom stereocenters. The molecule has 0 heterocycles. The molecule has 0 aliphatic rings. The molecule has 0 N–H and O–H groups in total. The Morgan fingerprint density at radius 1 is 0.833 bits per heavy atom. The molecule has 0 saturated heterocycles. The molecule has 0 spiro atoms. The molecular formula is C15H34O2Sn. The van der Waals surface area contributed by atoms with E-state index in [9.17, 15) is 0 Å². The van der Waals surface area contributed by atoms with Gasteiger partial charge in [-0.15, -0.1) is 0 Å². The van der Waals surface area contributed by atoms with E-state index in [1.54, 1.807) is 0 Å². The van der Waals surface area contributed by atoms with Gasteiger partial charge >= 0.3 is 123 Å². The van der Waals surface area contributed by atoms with Gasteiger partial charge in [-0.1, -0.05) is 0 Å². The minimum atomic E-state index is -2.12. The predicted octanol–water partition coefficient (Wildman–Crippen LogP) is 4.81. The van der Waals surface area contributed by atoms with Gasteiger partial charge in [0, 0.05) is 0 Å². The van der Waals surface area contributed by atoms with E-state index < -0.39 is 20.6 Å². The van der Waals surface area contributed by atoms with Crippen molar-refractivity contribution in [1.82, 2.24) is 0 Å². The normalized spacial score (nSPS) is 13.8. The Labute approximate surface area is 123 Å². The van der Waals surface area contributed by atoms with Gasteiger partial charge in [-0.25, -0.2) is 0 Å². The van der Waals surface area contributed by atoms with Crippen molar-refractivity contribution in [2.45, 2.75) is 89.1 Å².